The Balaban J connectivity index is 2.28. The maximum Gasteiger partial charge on any atom is 0.273 e. The summed E-state index contributed by atoms with van der Waals surface area (Å²) in [5.74, 6) is -0.204. The molecule has 19 heavy (non-hydrogen) atoms. The van der Waals surface area contributed by atoms with E-state index in [0.29, 0.717) is 24.3 Å². The van der Waals surface area contributed by atoms with Crippen molar-refractivity contribution in [1.82, 2.24) is 14.3 Å². The number of amides is 1. The van der Waals surface area contributed by atoms with E-state index in [1.54, 1.807) is 30.6 Å². The largest absolute Gasteiger partial charge is 0.393 e. The Bertz CT molecular complexity index is 595. The number of pyridine rings is 1. The van der Waals surface area contributed by atoms with Gasteiger partial charge in [-0.3, -0.25) is 9.20 Å². The van der Waals surface area contributed by atoms with Gasteiger partial charge in [-0.05, 0) is 25.5 Å². The Kier molecular flexibility index (Phi) is 4.07. The molecule has 1 amide bonds. The second kappa shape index (κ2) is 5.59. The molecule has 6 heteroatoms. The summed E-state index contributed by atoms with van der Waals surface area (Å²) in [6.45, 7) is 2.16. The molecule has 2 heterocycles. The van der Waals surface area contributed by atoms with Gasteiger partial charge < -0.3 is 10.0 Å². The number of nitrogens with zero attached hydrogens (tertiary/aromatic N) is 3. The molecule has 0 aliphatic heterocycles. The van der Waals surface area contributed by atoms with Crippen LogP contribution in [0.5, 0.6) is 0 Å². The van der Waals surface area contributed by atoms with Gasteiger partial charge in [0.05, 0.1) is 6.10 Å². The Morgan fingerprint density at radius 1 is 1.58 bits per heavy atom. The number of rotatable bonds is 4. The number of hydrogen-bond acceptors (Lipinski definition) is 3. The van der Waals surface area contributed by atoms with Crippen LogP contribution in [0.25, 0.3) is 5.65 Å². The molecule has 0 fully saturated rings. The highest BCUT2D eigenvalue weighted by atomic mass is 35.5. The lowest BCUT2D eigenvalue weighted by Crippen LogP contribution is -2.30. The Morgan fingerprint density at radius 2 is 2.32 bits per heavy atom. The van der Waals surface area contributed by atoms with Gasteiger partial charge in [-0.25, -0.2) is 4.98 Å². The summed E-state index contributed by atoms with van der Waals surface area (Å²) in [6, 6.07) is 5.44. The molecule has 0 bridgehead atoms. The summed E-state index contributed by atoms with van der Waals surface area (Å²) >= 11 is 6.04. The van der Waals surface area contributed by atoms with Crippen molar-refractivity contribution in [3.05, 3.63) is 35.2 Å². The van der Waals surface area contributed by atoms with Crippen molar-refractivity contribution in [2.75, 3.05) is 13.6 Å². The number of fused-ring (bicyclic) bond motifs is 1. The third kappa shape index (κ3) is 2.88. The first-order valence-electron chi connectivity index (χ1n) is 6.07. The minimum atomic E-state index is -0.437. The summed E-state index contributed by atoms with van der Waals surface area (Å²) in [5, 5.41) is 9.45. The molecule has 0 radical (unpaired) electrons. The standard InChI is InChI=1S/C13H16ClN3O2/c1-9(18)6-8-16(2)13(19)11-12(14)15-10-5-3-4-7-17(10)11/h3-5,7,9,18H,6,8H2,1-2H3. The molecule has 0 saturated heterocycles. The van der Waals surface area contributed by atoms with Crippen LogP contribution in [0.3, 0.4) is 0 Å². The van der Waals surface area contributed by atoms with Gasteiger partial charge in [0.1, 0.15) is 5.65 Å². The first kappa shape index (κ1) is 13.8. The molecule has 0 spiro atoms. The van der Waals surface area contributed by atoms with Gasteiger partial charge in [0.25, 0.3) is 5.91 Å². The molecule has 0 saturated carbocycles. The molecule has 0 aromatic carbocycles. The van der Waals surface area contributed by atoms with Gasteiger partial charge in [-0.15, -0.1) is 0 Å². The van der Waals surface area contributed by atoms with Gasteiger partial charge in [0, 0.05) is 19.8 Å². The van der Waals surface area contributed by atoms with Gasteiger partial charge in [0.2, 0.25) is 0 Å². The lowest BCUT2D eigenvalue weighted by Gasteiger charge is -2.17. The smallest absolute Gasteiger partial charge is 0.273 e. The second-order valence-corrected chi connectivity index (χ2v) is 4.90. The van der Waals surface area contributed by atoms with E-state index in [-0.39, 0.29) is 11.1 Å². The van der Waals surface area contributed by atoms with E-state index in [1.165, 1.54) is 4.90 Å². The predicted molar refractivity (Wildman–Crippen MR) is 73.5 cm³/mol. The molecule has 1 N–H and O–H groups in total. The van der Waals surface area contributed by atoms with Crippen LogP contribution in [0.15, 0.2) is 24.4 Å². The van der Waals surface area contributed by atoms with Crippen LogP contribution < -0.4 is 0 Å². The average Bonchev–Trinajstić information content (AvgIpc) is 2.70. The molecule has 2 aromatic heterocycles. The minimum Gasteiger partial charge on any atom is -0.393 e. The zero-order valence-electron chi connectivity index (χ0n) is 10.9. The van der Waals surface area contributed by atoms with Crippen molar-refractivity contribution >= 4 is 23.2 Å². The number of aromatic nitrogens is 2. The quantitative estimate of drug-likeness (QED) is 0.930. The van der Waals surface area contributed by atoms with Crippen LogP contribution in [-0.4, -0.2) is 45.0 Å². The SMILES string of the molecule is CC(O)CCN(C)C(=O)c1c(Cl)nc2ccccn12. The van der Waals surface area contributed by atoms with E-state index in [9.17, 15) is 9.90 Å². The first-order chi connectivity index (χ1) is 9.00. The average molecular weight is 282 g/mol. The molecule has 0 aliphatic carbocycles. The van der Waals surface area contributed by atoms with Crippen molar-refractivity contribution < 1.29 is 9.90 Å². The van der Waals surface area contributed by atoms with Crippen LogP contribution in [0.2, 0.25) is 5.15 Å². The Morgan fingerprint density at radius 3 is 3.00 bits per heavy atom. The highest BCUT2D eigenvalue weighted by Crippen LogP contribution is 2.19. The second-order valence-electron chi connectivity index (χ2n) is 4.54. The maximum atomic E-state index is 12.4. The molecule has 1 atom stereocenters. The zero-order valence-corrected chi connectivity index (χ0v) is 11.6. The van der Waals surface area contributed by atoms with Gasteiger partial charge in [-0.1, -0.05) is 17.7 Å². The van der Waals surface area contributed by atoms with E-state index >= 15 is 0 Å². The molecular formula is C13H16ClN3O2. The third-order valence-electron chi connectivity index (χ3n) is 2.92. The number of hydrogen-bond donors (Lipinski definition) is 1. The summed E-state index contributed by atoms with van der Waals surface area (Å²) in [6.07, 6.45) is 1.84. The van der Waals surface area contributed by atoms with E-state index in [1.807, 2.05) is 12.1 Å². The fourth-order valence-corrected chi connectivity index (χ4v) is 2.08. The van der Waals surface area contributed by atoms with E-state index in [4.69, 9.17) is 11.6 Å². The molecular weight excluding hydrogens is 266 g/mol. The van der Waals surface area contributed by atoms with E-state index in [0.717, 1.165) is 0 Å². The van der Waals surface area contributed by atoms with E-state index < -0.39 is 6.10 Å². The maximum absolute atomic E-state index is 12.4. The van der Waals surface area contributed by atoms with Crippen molar-refractivity contribution in [2.24, 2.45) is 0 Å². The van der Waals surface area contributed by atoms with Crippen LogP contribution in [0.1, 0.15) is 23.8 Å². The van der Waals surface area contributed by atoms with Crippen molar-refractivity contribution in [1.29, 1.82) is 0 Å². The van der Waals surface area contributed by atoms with Gasteiger partial charge >= 0.3 is 0 Å². The lowest BCUT2D eigenvalue weighted by atomic mass is 10.2. The van der Waals surface area contributed by atoms with Crippen molar-refractivity contribution in [2.45, 2.75) is 19.4 Å². The first-order valence-corrected chi connectivity index (χ1v) is 6.44. The van der Waals surface area contributed by atoms with Crippen LogP contribution >= 0.6 is 11.6 Å². The van der Waals surface area contributed by atoms with Crippen LogP contribution in [0.4, 0.5) is 0 Å². The minimum absolute atomic E-state index is 0.195. The monoisotopic (exact) mass is 281 g/mol. The lowest BCUT2D eigenvalue weighted by molar-refractivity contribution is 0.0762. The topological polar surface area (TPSA) is 57.8 Å². The van der Waals surface area contributed by atoms with Gasteiger partial charge in [-0.2, -0.15) is 0 Å². The zero-order chi connectivity index (χ0) is 14.0. The number of carbonyl (C=O) groups is 1. The molecule has 5 nitrogen and oxygen atoms in total. The number of imidazole rings is 1. The number of aliphatic hydroxyl groups is 1. The fourth-order valence-electron chi connectivity index (χ4n) is 1.82. The molecule has 102 valence electrons. The molecule has 2 aromatic rings. The summed E-state index contributed by atoms with van der Waals surface area (Å²) in [5.41, 5.74) is 0.991. The van der Waals surface area contributed by atoms with Crippen molar-refractivity contribution in [3.63, 3.8) is 0 Å². The molecule has 2 rings (SSSR count). The van der Waals surface area contributed by atoms with Gasteiger partial charge in [0.15, 0.2) is 10.8 Å². The summed E-state index contributed by atoms with van der Waals surface area (Å²) in [4.78, 5) is 18.0. The summed E-state index contributed by atoms with van der Waals surface area (Å²) in [7, 11) is 1.68. The molecule has 0 aliphatic rings. The normalized spacial score (nSPS) is 12.6. The number of aliphatic hydroxyl groups excluding tert-OH is 1. The fraction of sp³-hybridized carbons (Fsp3) is 0.385. The van der Waals surface area contributed by atoms with E-state index in [2.05, 4.69) is 4.98 Å². The highest BCUT2D eigenvalue weighted by molar-refractivity contribution is 6.32. The predicted octanol–water partition coefficient (Wildman–Crippen LogP) is 1.83. The Hall–Kier alpha value is -1.59. The third-order valence-corrected chi connectivity index (χ3v) is 3.18. The Labute approximate surface area is 116 Å². The summed E-state index contributed by atoms with van der Waals surface area (Å²) < 4.78 is 1.67. The van der Waals surface area contributed by atoms with Crippen molar-refractivity contribution in [3.8, 4) is 0 Å². The van der Waals surface area contributed by atoms with Crippen LogP contribution in [0, 0.1) is 0 Å². The number of carbonyl (C=O) groups excluding carboxylic acids is 1. The van der Waals surface area contributed by atoms with Crippen LogP contribution in [-0.2, 0) is 0 Å². The molecule has 1 unspecified atom stereocenters. The number of halogens is 1. The highest BCUT2D eigenvalue weighted by Gasteiger charge is 2.21.